The molecule has 0 aliphatic heterocycles. The maximum atomic E-state index is 13.9. The van der Waals surface area contributed by atoms with E-state index in [2.05, 4.69) is 10.3 Å². The number of amides is 1. The molecule has 0 spiro atoms. The Bertz CT molecular complexity index is 791. The number of anilines is 1. The van der Waals surface area contributed by atoms with Crippen LogP contribution in [0.2, 0.25) is 5.02 Å². The van der Waals surface area contributed by atoms with Gasteiger partial charge >= 0.3 is 12.3 Å². The molecule has 2 rings (SSSR count). The van der Waals surface area contributed by atoms with Crippen molar-refractivity contribution in [3.63, 3.8) is 0 Å². The van der Waals surface area contributed by atoms with Crippen molar-refractivity contribution in [2.45, 2.75) is 44.9 Å². The Morgan fingerprint density at radius 2 is 2.04 bits per heavy atom. The number of H-pyrrole nitrogens is 1. The molecule has 1 aromatic heterocycles. The lowest BCUT2D eigenvalue weighted by Crippen LogP contribution is -2.43. The van der Waals surface area contributed by atoms with Gasteiger partial charge in [0, 0.05) is 16.5 Å². The van der Waals surface area contributed by atoms with Crippen LogP contribution in [-0.2, 0) is 10.3 Å². The van der Waals surface area contributed by atoms with Crippen molar-refractivity contribution in [1.29, 1.82) is 0 Å². The van der Waals surface area contributed by atoms with Gasteiger partial charge < -0.3 is 14.8 Å². The Kier molecular flexibility index (Phi) is 6.08. The molecule has 0 saturated carbocycles. The Balaban J connectivity index is 2.73. The van der Waals surface area contributed by atoms with Gasteiger partial charge in [0.05, 0.1) is 11.6 Å². The van der Waals surface area contributed by atoms with Gasteiger partial charge in [0.2, 0.25) is 0 Å². The summed E-state index contributed by atoms with van der Waals surface area (Å²) in [5, 5.41) is 13.0. The van der Waals surface area contributed by atoms with Gasteiger partial charge in [-0.05, 0) is 25.5 Å². The molecule has 3 N–H and O–H groups in total. The Morgan fingerprint density at radius 1 is 1.35 bits per heavy atom. The van der Waals surface area contributed by atoms with Crippen molar-refractivity contribution < 1.29 is 27.8 Å². The average molecular weight is 393 g/mol. The zero-order valence-corrected chi connectivity index (χ0v) is 15.1. The second-order valence-electron chi connectivity index (χ2n) is 5.84. The Hall–Kier alpha value is -1.93. The number of benzene rings is 1. The third-order valence-electron chi connectivity index (χ3n) is 4.05. The van der Waals surface area contributed by atoms with E-state index in [1.54, 1.807) is 19.9 Å². The van der Waals surface area contributed by atoms with Crippen LogP contribution < -0.4 is 5.32 Å². The number of aliphatic hydroxyl groups is 1. The number of carbonyl (C=O) groups is 1. The van der Waals surface area contributed by atoms with Gasteiger partial charge in [-0.3, -0.25) is 5.32 Å². The number of hydrogen-bond donors (Lipinski definition) is 3. The van der Waals surface area contributed by atoms with Crippen LogP contribution in [0.5, 0.6) is 0 Å². The molecule has 2 aromatic rings. The fraction of sp³-hybridized carbons (Fsp3) is 0.471. The van der Waals surface area contributed by atoms with Crippen molar-refractivity contribution in [2.75, 3.05) is 11.9 Å². The second kappa shape index (κ2) is 7.75. The molecule has 1 amide bonds. The minimum atomic E-state index is -4.97. The van der Waals surface area contributed by atoms with Crippen LogP contribution in [0.15, 0.2) is 18.2 Å². The van der Waals surface area contributed by atoms with E-state index in [-0.39, 0.29) is 34.8 Å². The summed E-state index contributed by atoms with van der Waals surface area (Å²) in [5.74, 6) is -0.289. The maximum absolute atomic E-state index is 13.9. The third kappa shape index (κ3) is 3.76. The van der Waals surface area contributed by atoms with Crippen LogP contribution in [0.25, 0.3) is 10.9 Å². The lowest BCUT2D eigenvalue weighted by atomic mass is 9.86. The summed E-state index contributed by atoms with van der Waals surface area (Å²) >= 11 is 6.12. The summed E-state index contributed by atoms with van der Waals surface area (Å²) in [4.78, 5) is 14.5. The fourth-order valence-corrected chi connectivity index (χ4v) is 3.09. The number of alkyl halides is 3. The number of rotatable bonds is 6. The van der Waals surface area contributed by atoms with Gasteiger partial charge in [0.15, 0.2) is 5.60 Å². The predicted molar refractivity (Wildman–Crippen MR) is 93.4 cm³/mol. The molecule has 26 heavy (non-hydrogen) atoms. The molecule has 1 atom stereocenters. The van der Waals surface area contributed by atoms with Crippen LogP contribution in [0.1, 0.15) is 38.7 Å². The van der Waals surface area contributed by atoms with Gasteiger partial charge in [-0.25, -0.2) is 4.79 Å². The van der Waals surface area contributed by atoms with E-state index in [1.165, 1.54) is 12.1 Å². The zero-order chi connectivity index (χ0) is 19.5. The van der Waals surface area contributed by atoms with Crippen molar-refractivity contribution in [3.8, 4) is 0 Å². The normalized spacial score (nSPS) is 14.3. The van der Waals surface area contributed by atoms with E-state index >= 15 is 0 Å². The minimum Gasteiger partial charge on any atom is -0.450 e. The lowest BCUT2D eigenvalue weighted by molar-refractivity contribution is -0.268. The van der Waals surface area contributed by atoms with Crippen LogP contribution in [0.4, 0.5) is 23.8 Å². The van der Waals surface area contributed by atoms with Gasteiger partial charge in [-0.15, -0.1) is 0 Å². The molecule has 0 saturated heterocycles. The van der Waals surface area contributed by atoms with Crippen LogP contribution in [0, 0.1) is 0 Å². The van der Waals surface area contributed by atoms with Crippen molar-refractivity contribution in [1.82, 2.24) is 4.98 Å². The summed E-state index contributed by atoms with van der Waals surface area (Å²) in [7, 11) is 0. The number of unbranched alkanes of at least 4 members (excludes halogenated alkanes) is 1. The van der Waals surface area contributed by atoms with E-state index in [1.807, 2.05) is 0 Å². The fourth-order valence-electron chi connectivity index (χ4n) is 2.82. The Labute approximate surface area is 153 Å². The molecule has 0 bridgehead atoms. The van der Waals surface area contributed by atoms with Crippen LogP contribution in [0.3, 0.4) is 0 Å². The number of fused-ring (bicyclic) bond motifs is 1. The maximum Gasteiger partial charge on any atom is 0.421 e. The zero-order valence-electron chi connectivity index (χ0n) is 14.3. The number of carbonyl (C=O) groups excluding carboxylic acids is 1. The first-order valence-electron chi connectivity index (χ1n) is 8.19. The van der Waals surface area contributed by atoms with Crippen molar-refractivity contribution in [2.24, 2.45) is 0 Å². The number of halogens is 4. The number of nitrogens with one attached hydrogen (secondary N) is 2. The Morgan fingerprint density at radius 3 is 2.62 bits per heavy atom. The van der Waals surface area contributed by atoms with E-state index in [0.29, 0.717) is 6.42 Å². The molecule has 0 fully saturated rings. The highest BCUT2D eigenvalue weighted by Crippen LogP contribution is 2.49. The molecule has 1 aromatic carbocycles. The number of aromatic amines is 1. The number of ether oxygens (including phenoxy) is 1. The minimum absolute atomic E-state index is 0.0110. The third-order valence-corrected chi connectivity index (χ3v) is 4.37. The highest BCUT2D eigenvalue weighted by atomic mass is 35.5. The van der Waals surface area contributed by atoms with Crippen LogP contribution >= 0.6 is 11.6 Å². The summed E-state index contributed by atoms with van der Waals surface area (Å²) in [6.45, 7) is 3.33. The monoisotopic (exact) mass is 392 g/mol. The highest BCUT2D eigenvalue weighted by molar-refractivity contribution is 6.36. The first-order chi connectivity index (χ1) is 12.2. The summed E-state index contributed by atoms with van der Waals surface area (Å²) in [5.41, 5.74) is -3.42. The lowest BCUT2D eigenvalue weighted by Gasteiger charge is -2.31. The molecule has 1 unspecified atom stereocenters. The summed E-state index contributed by atoms with van der Waals surface area (Å²) in [6.07, 6.45) is -5.89. The summed E-state index contributed by atoms with van der Waals surface area (Å²) < 4.78 is 46.3. The largest absolute Gasteiger partial charge is 0.450 e. The molecular formula is C17H20ClF3N2O3. The van der Waals surface area contributed by atoms with E-state index in [0.717, 1.165) is 0 Å². The standard InChI is InChI=1S/C17H20ClF3N2O3/c1-3-5-9-16(25,17(19,20)21)13-12-10(18)7-6-8-11(12)22-14(13)23-15(24)26-4-2/h6-8,22,25H,3-5,9H2,1-2H3,(H,23,24). The van der Waals surface area contributed by atoms with Gasteiger partial charge in [-0.2, -0.15) is 13.2 Å². The van der Waals surface area contributed by atoms with E-state index in [4.69, 9.17) is 16.3 Å². The number of aromatic nitrogens is 1. The quantitative estimate of drug-likeness (QED) is 0.622. The first-order valence-corrected chi connectivity index (χ1v) is 8.57. The highest BCUT2D eigenvalue weighted by Gasteiger charge is 2.56. The van der Waals surface area contributed by atoms with Crippen molar-refractivity contribution in [3.05, 3.63) is 28.8 Å². The first kappa shape index (κ1) is 20.4. The van der Waals surface area contributed by atoms with Gasteiger partial charge in [0.25, 0.3) is 0 Å². The second-order valence-corrected chi connectivity index (χ2v) is 6.25. The molecule has 144 valence electrons. The molecule has 9 heteroatoms. The van der Waals surface area contributed by atoms with Gasteiger partial charge in [0.1, 0.15) is 5.82 Å². The number of hydrogen-bond acceptors (Lipinski definition) is 3. The molecule has 0 aliphatic carbocycles. The van der Waals surface area contributed by atoms with E-state index in [9.17, 15) is 23.1 Å². The summed E-state index contributed by atoms with van der Waals surface area (Å²) in [6, 6.07) is 4.49. The molecule has 1 heterocycles. The average Bonchev–Trinajstić information content (AvgIpc) is 2.91. The predicted octanol–water partition coefficient (Wildman–Crippen LogP) is 5.33. The molecule has 0 aliphatic rings. The molecule has 0 radical (unpaired) electrons. The SMILES string of the molecule is CCCCC(O)(c1c(NC(=O)OCC)[nH]c2cccc(Cl)c12)C(F)(F)F. The smallest absolute Gasteiger partial charge is 0.421 e. The van der Waals surface area contributed by atoms with Gasteiger partial charge in [-0.1, -0.05) is 37.4 Å². The van der Waals surface area contributed by atoms with E-state index < -0.39 is 29.9 Å². The van der Waals surface area contributed by atoms with Crippen LogP contribution in [-0.4, -0.2) is 29.0 Å². The van der Waals surface area contributed by atoms with Crippen molar-refractivity contribution >= 4 is 34.4 Å². The topological polar surface area (TPSA) is 74.3 Å². The molecular weight excluding hydrogens is 373 g/mol. The molecule has 5 nitrogen and oxygen atoms in total.